The third-order valence-corrected chi connectivity index (χ3v) is 13.9. The fourth-order valence-corrected chi connectivity index (χ4v) is 9.54. The van der Waals surface area contributed by atoms with E-state index in [2.05, 4.69) is 78.9 Å². The topological polar surface area (TPSA) is 244 Å². The van der Waals surface area contributed by atoms with Crippen molar-refractivity contribution in [2.45, 2.75) is 26.7 Å². The van der Waals surface area contributed by atoms with Gasteiger partial charge < -0.3 is 47.5 Å². The van der Waals surface area contributed by atoms with Gasteiger partial charge in [-0.1, -0.05) is 106 Å². The molecule has 0 aliphatic rings. The number of halogens is 5. The molecule has 460 valence electrons. The summed E-state index contributed by atoms with van der Waals surface area (Å²) in [6.45, 7) is 4.03. The van der Waals surface area contributed by atoms with Gasteiger partial charge in [-0.25, -0.2) is 28.5 Å². The van der Waals surface area contributed by atoms with Crippen molar-refractivity contribution in [2.75, 3.05) is 69.5 Å². The molecular formula is C67H70BBr2F3N12O4. The number of rotatable bonds is 18. The molecule has 0 saturated carbocycles. The number of pyridine rings is 6. The number of benzene rings is 5. The molecule has 11 aromatic rings. The van der Waals surface area contributed by atoms with Gasteiger partial charge in [0, 0.05) is 86.6 Å². The lowest BCUT2D eigenvalue weighted by atomic mass is 9.80. The predicted molar refractivity (Wildman–Crippen MR) is 364 cm³/mol. The zero-order chi connectivity index (χ0) is 63.3. The van der Waals surface area contributed by atoms with E-state index >= 15 is 0 Å². The summed E-state index contributed by atoms with van der Waals surface area (Å²) in [5, 5.41) is 32.8. The van der Waals surface area contributed by atoms with Crippen molar-refractivity contribution >= 4 is 101 Å². The molecule has 10 N–H and O–H groups in total. The SMILES string of the molecule is C.COC(=O)NCCCNc1nc(-c2cccc(Br)c2)cc2ncccc12.NCCCNc1nc(-c2cccc(-c3cccc(F)c3)c2)cc2ncccc12.NCCCNc1nc(-c2cccc(Br)c2)cc2ncccc12.OB(O)c1cccc(F)c1.[2H]CF. The second-order valence-electron chi connectivity index (χ2n) is 19.2. The van der Waals surface area contributed by atoms with Crippen LogP contribution in [-0.4, -0.2) is 107 Å². The fraction of sp³-hybridized carbons (Fsp3) is 0.179. The number of nitrogens with two attached hydrogens (primary N) is 2. The molecular weight excluding hydrogens is 1260 g/mol. The van der Waals surface area contributed by atoms with E-state index in [0.717, 1.165) is 142 Å². The average Bonchev–Trinajstić information content (AvgIpc) is 0.977. The number of aromatic nitrogens is 6. The van der Waals surface area contributed by atoms with Gasteiger partial charge in [0.25, 0.3) is 0 Å². The Bertz CT molecular complexity index is 4060. The highest BCUT2D eigenvalue weighted by Crippen LogP contribution is 2.32. The summed E-state index contributed by atoms with van der Waals surface area (Å²) in [7, 11) is -1.24. The smallest absolute Gasteiger partial charge is 0.453 e. The van der Waals surface area contributed by atoms with Crippen molar-refractivity contribution < 1.29 is 34.1 Å². The number of carbonyl (C=O) groups excluding carboxylic acids is 1. The number of hydrogen-bond donors (Lipinski definition) is 8. The minimum atomic E-state index is -1.59. The van der Waals surface area contributed by atoms with Gasteiger partial charge in [0.1, 0.15) is 29.1 Å². The van der Waals surface area contributed by atoms with Crippen LogP contribution in [0.3, 0.4) is 0 Å². The normalized spacial score (nSPS) is 10.5. The molecule has 0 aliphatic carbocycles. The maximum atomic E-state index is 13.6. The summed E-state index contributed by atoms with van der Waals surface area (Å²) in [5.74, 6) is 1.72. The molecule has 0 aliphatic heterocycles. The van der Waals surface area contributed by atoms with Gasteiger partial charge in [-0.3, -0.25) is 19.3 Å². The fourth-order valence-electron chi connectivity index (χ4n) is 8.74. The maximum Gasteiger partial charge on any atom is 0.488 e. The molecule has 22 heteroatoms. The van der Waals surface area contributed by atoms with E-state index in [1.165, 1.54) is 37.4 Å². The van der Waals surface area contributed by atoms with Crippen molar-refractivity contribution in [3.63, 3.8) is 0 Å². The Hall–Kier alpha value is -8.90. The van der Waals surface area contributed by atoms with Crippen LogP contribution in [0.5, 0.6) is 0 Å². The van der Waals surface area contributed by atoms with Crippen LogP contribution in [0.2, 0.25) is 0 Å². The molecule has 6 aromatic heterocycles. The molecule has 0 atom stereocenters. The summed E-state index contributed by atoms with van der Waals surface area (Å²) in [4.78, 5) is 38.9. The number of ether oxygens (including phenoxy) is 1. The summed E-state index contributed by atoms with van der Waals surface area (Å²) in [5.41, 5.74) is 21.4. The van der Waals surface area contributed by atoms with Crippen molar-refractivity contribution in [3.8, 4) is 44.9 Å². The number of amides is 1. The van der Waals surface area contributed by atoms with Crippen LogP contribution in [0, 0.1) is 11.6 Å². The number of alkyl halides is 1. The first kappa shape index (κ1) is 67.6. The molecule has 1 amide bonds. The lowest BCUT2D eigenvalue weighted by Crippen LogP contribution is -2.29. The summed E-state index contributed by atoms with van der Waals surface area (Å²) < 4.78 is 48.0. The van der Waals surface area contributed by atoms with Crippen molar-refractivity contribution in [3.05, 3.63) is 215 Å². The van der Waals surface area contributed by atoms with Crippen LogP contribution in [0.15, 0.2) is 203 Å². The van der Waals surface area contributed by atoms with Gasteiger partial charge in [-0.2, -0.15) is 0 Å². The maximum absolute atomic E-state index is 13.6. The Balaban J connectivity index is 0.000000195. The lowest BCUT2D eigenvalue weighted by molar-refractivity contribution is 0.171. The van der Waals surface area contributed by atoms with E-state index in [4.69, 9.17) is 37.8 Å². The Morgan fingerprint density at radius 3 is 1.30 bits per heavy atom. The molecule has 11 rings (SSSR count). The van der Waals surface area contributed by atoms with Crippen LogP contribution in [0.1, 0.15) is 28.1 Å². The van der Waals surface area contributed by atoms with Crippen LogP contribution < -0.4 is 38.2 Å². The number of alkyl carbamates (subject to hydrolysis) is 1. The van der Waals surface area contributed by atoms with Gasteiger partial charge in [0.15, 0.2) is 0 Å². The van der Waals surface area contributed by atoms with E-state index in [1.807, 2.05) is 127 Å². The first-order valence-electron chi connectivity index (χ1n) is 28.6. The Morgan fingerprint density at radius 1 is 0.528 bits per heavy atom. The highest BCUT2D eigenvalue weighted by atomic mass is 79.9. The largest absolute Gasteiger partial charge is 0.488 e. The number of anilines is 3. The quantitative estimate of drug-likeness (QED) is 0.0294. The van der Waals surface area contributed by atoms with Gasteiger partial charge in [-0.15, -0.1) is 0 Å². The number of nitrogens with zero attached hydrogens (tertiary/aromatic N) is 6. The molecule has 5 aromatic carbocycles. The third-order valence-electron chi connectivity index (χ3n) is 12.9. The van der Waals surface area contributed by atoms with E-state index in [-0.39, 0.29) is 18.7 Å². The van der Waals surface area contributed by atoms with Crippen LogP contribution in [0.4, 0.5) is 35.4 Å². The monoisotopic (exact) mass is 1330 g/mol. The number of nitrogens with one attached hydrogen (secondary N) is 4. The highest BCUT2D eigenvalue weighted by Gasteiger charge is 2.14. The second kappa shape index (κ2) is 36.4. The summed E-state index contributed by atoms with van der Waals surface area (Å²) in [6, 6.07) is 53.6. The third kappa shape index (κ3) is 20.9. The standard InChI is InChI=1S/C23H21FN4.C19H19BrN4O2.C17H17BrN4.C6H6BFO2.CH3F.CH4/c24-19-8-2-6-17(14-19)16-5-1-7-18(13-16)21-15-22-20(9-3-11-26-22)23(28-21)27-12-4-10-25;1-26-19(25)23-10-4-9-22-18-15-7-3-8-21-17(15)12-16(24-18)13-5-2-6-14(20)11-13;18-13-5-1-4-12(10-13)15-11-16-14(6-2-8-20-16)17(22-15)21-9-3-7-19;8-6-3-1-2-5(4-6)7(9)10;1-2;/h1-3,5-9,11,13-15H,4,10,12,25H2,(H,27,28);2-3,5-8,11-12H,4,9-10H2,1H3,(H,22,24)(H,23,25);1-2,4-6,8,10-11H,3,7,9,19H2,(H,21,22);1-4,9-10H;1H3;1H4/i;;;;1D;. The van der Waals surface area contributed by atoms with E-state index < -0.39 is 26.2 Å². The predicted octanol–water partition coefficient (Wildman–Crippen LogP) is 13.6. The first-order chi connectivity index (χ1) is 43.3. The molecule has 16 nitrogen and oxygen atoms in total. The van der Waals surface area contributed by atoms with Gasteiger partial charge in [0.2, 0.25) is 0 Å². The van der Waals surface area contributed by atoms with Crippen molar-refractivity contribution in [1.29, 1.82) is 0 Å². The number of fused-ring (bicyclic) bond motifs is 3. The van der Waals surface area contributed by atoms with Gasteiger partial charge in [-0.05, 0) is 158 Å². The zero-order valence-corrected chi connectivity index (χ0v) is 51.2. The summed E-state index contributed by atoms with van der Waals surface area (Å²) >= 11 is 7.01. The van der Waals surface area contributed by atoms with Crippen LogP contribution in [0.25, 0.3) is 77.6 Å². The minimum Gasteiger partial charge on any atom is -0.453 e. The highest BCUT2D eigenvalue weighted by molar-refractivity contribution is 9.10. The van der Waals surface area contributed by atoms with Crippen molar-refractivity contribution in [2.24, 2.45) is 11.5 Å². The Kier molecular flexibility index (Phi) is 27.7. The molecule has 0 radical (unpaired) electrons. The van der Waals surface area contributed by atoms with Crippen molar-refractivity contribution in [1.82, 2.24) is 35.2 Å². The molecule has 0 saturated heterocycles. The molecule has 0 bridgehead atoms. The molecule has 0 fully saturated rings. The number of carbonyl (C=O) groups is 1. The summed E-state index contributed by atoms with van der Waals surface area (Å²) in [6.07, 6.45) is 7.45. The first-order valence-corrected chi connectivity index (χ1v) is 29.5. The molecule has 89 heavy (non-hydrogen) atoms. The van der Waals surface area contributed by atoms with Crippen LogP contribution >= 0.6 is 31.9 Å². The van der Waals surface area contributed by atoms with E-state index in [1.54, 1.807) is 24.7 Å². The van der Waals surface area contributed by atoms with E-state index in [9.17, 15) is 18.0 Å². The second-order valence-corrected chi connectivity index (χ2v) is 21.0. The minimum absolute atomic E-state index is 0. The van der Waals surface area contributed by atoms with Crippen LogP contribution in [-0.2, 0) is 4.74 Å². The zero-order valence-electron chi connectivity index (χ0n) is 49.1. The average molecular weight is 1340 g/mol. The Labute approximate surface area is 534 Å². The van der Waals surface area contributed by atoms with Gasteiger partial charge >= 0.3 is 13.2 Å². The lowest BCUT2D eigenvalue weighted by Gasteiger charge is -2.12. The molecule has 0 spiro atoms. The van der Waals surface area contributed by atoms with Gasteiger partial charge in [0.05, 0.1) is 49.3 Å². The number of methoxy groups -OCH3 is 1. The Morgan fingerprint density at radius 2 is 0.910 bits per heavy atom. The molecule has 6 heterocycles. The van der Waals surface area contributed by atoms with E-state index in [0.29, 0.717) is 26.2 Å². The number of hydrogen-bond acceptors (Lipinski definition) is 15. The molecule has 0 unspecified atom stereocenters.